The predicted molar refractivity (Wildman–Crippen MR) is 197 cm³/mol. The summed E-state index contributed by atoms with van der Waals surface area (Å²) in [7, 11) is 0. The van der Waals surface area contributed by atoms with E-state index in [1.165, 1.54) is 6.07 Å². The molecule has 0 bridgehead atoms. The first-order valence-electron chi connectivity index (χ1n) is 16.1. The van der Waals surface area contributed by atoms with Crippen molar-refractivity contribution in [2.24, 2.45) is 0 Å². The third-order valence-corrected chi connectivity index (χ3v) is 8.09. The van der Waals surface area contributed by atoms with Crippen LogP contribution in [0.1, 0.15) is 102 Å². The summed E-state index contributed by atoms with van der Waals surface area (Å²) in [4.78, 5) is 44.6. The van der Waals surface area contributed by atoms with E-state index in [1.54, 1.807) is 22.1 Å². The molecule has 0 unspecified atom stereocenters. The van der Waals surface area contributed by atoms with Gasteiger partial charge in [0.05, 0.1) is 29.5 Å². The molecule has 0 radical (unpaired) electrons. The van der Waals surface area contributed by atoms with Crippen LogP contribution in [0.3, 0.4) is 0 Å². The summed E-state index contributed by atoms with van der Waals surface area (Å²) < 4.78 is 26.3. The SMILES string of the molecule is CC(C)(C)OC(=O)N1CCC[C@H]1c1ncc(-c2ccc(C#Cc3cc(F)c4nc([C@@H]5CCCN5C(=O)OC(C)(C)C)[nH]c4c3)cc2)[nH]1.S.S. The number of halogens is 1. The molecule has 4 heterocycles. The molecular formula is C36H45FN6O4S2. The Balaban J connectivity index is 0.00000270. The molecule has 4 aromatic rings. The van der Waals surface area contributed by atoms with Gasteiger partial charge in [-0.3, -0.25) is 9.80 Å². The molecule has 49 heavy (non-hydrogen) atoms. The summed E-state index contributed by atoms with van der Waals surface area (Å²) in [5.41, 5.74) is 2.62. The quantitative estimate of drug-likeness (QED) is 0.210. The maximum absolute atomic E-state index is 15.2. The number of nitrogens with zero attached hydrogens (tertiary/aromatic N) is 4. The highest BCUT2D eigenvalue weighted by Crippen LogP contribution is 2.34. The Morgan fingerprint density at radius 2 is 1.37 bits per heavy atom. The standard InChI is InChI=1S/C36H41FN6O4.2H2S/c1-35(2,3)46-33(44)42-17-7-9-28(42)31-38-21-27(40-31)24-15-13-22(14-16-24)11-12-23-19-25(37)30-26(20-23)39-32(41-30)29-10-8-18-43(29)34(45)47-36(4,5)6;;/h13-16,19-21,28-29H,7-10,17-18H2,1-6H3,(H,38,40)(H,39,41);2*1H2/t28-,29-;;/m0../s1. The van der Waals surface area contributed by atoms with Gasteiger partial charge in [-0.05, 0) is 97.1 Å². The van der Waals surface area contributed by atoms with Crippen LogP contribution < -0.4 is 0 Å². The van der Waals surface area contributed by atoms with Gasteiger partial charge in [-0.25, -0.2) is 23.9 Å². The summed E-state index contributed by atoms with van der Waals surface area (Å²) in [6, 6.07) is 10.4. The normalized spacial score (nSPS) is 17.6. The number of ether oxygens (including phenoxy) is 2. The highest BCUT2D eigenvalue weighted by atomic mass is 32.1. The predicted octanol–water partition coefficient (Wildman–Crippen LogP) is 7.86. The first-order chi connectivity index (χ1) is 22.2. The van der Waals surface area contributed by atoms with Gasteiger partial charge in [0.15, 0.2) is 5.82 Å². The van der Waals surface area contributed by atoms with Crippen LogP contribution in [0.4, 0.5) is 14.0 Å². The number of aromatic nitrogens is 4. The number of carbonyl (C=O) groups excluding carboxylic acids is 2. The summed E-state index contributed by atoms with van der Waals surface area (Å²) in [5, 5.41) is 0. The lowest BCUT2D eigenvalue weighted by molar-refractivity contribution is 0.0208. The van der Waals surface area contributed by atoms with Crippen LogP contribution in [0.25, 0.3) is 22.3 Å². The topological polar surface area (TPSA) is 116 Å². The molecule has 2 aromatic carbocycles. The minimum atomic E-state index is -0.608. The van der Waals surface area contributed by atoms with Crippen molar-refractivity contribution in [1.82, 2.24) is 29.7 Å². The Kier molecular flexibility index (Phi) is 11.3. The number of likely N-dealkylation sites (tertiary alicyclic amines) is 2. The number of benzene rings is 2. The number of fused-ring (bicyclic) bond motifs is 1. The van der Waals surface area contributed by atoms with Crippen LogP contribution in [0.5, 0.6) is 0 Å². The van der Waals surface area contributed by atoms with Crippen LogP contribution in [0.2, 0.25) is 0 Å². The first kappa shape index (κ1) is 37.7. The second-order valence-corrected chi connectivity index (χ2v) is 14.1. The van der Waals surface area contributed by atoms with E-state index >= 15 is 4.39 Å². The molecule has 2 aliphatic heterocycles. The van der Waals surface area contributed by atoms with Crippen molar-refractivity contribution in [2.75, 3.05) is 13.1 Å². The molecule has 2 amide bonds. The average molecular weight is 709 g/mol. The van der Waals surface area contributed by atoms with E-state index in [-0.39, 0.29) is 50.7 Å². The van der Waals surface area contributed by atoms with Crippen molar-refractivity contribution in [1.29, 1.82) is 0 Å². The molecule has 2 fully saturated rings. The van der Waals surface area contributed by atoms with E-state index in [9.17, 15) is 9.59 Å². The van der Waals surface area contributed by atoms with Crippen LogP contribution in [-0.4, -0.2) is 66.2 Å². The van der Waals surface area contributed by atoms with Crippen LogP contribution in [0, 0.1) is 17.7 Å². The first-order valence-corrected chi connectivity index (χ1v) is 16.1. The van der Waals surface area contributed by atoms with Gasteiger partial charge in [0.1, 0.15) is 28.4 Å². The summed E-state index contributed by atoms with van der Waals surface area (Å²) in [5.74, 6) is 6.98. The van der Waals surface area contributed by atoms with E-state index in [0.717, 1.165) is 41.9 Å². The number of rotatable bonds is 3. The lowest BCUT2D eigenvalue weighted by atomic mass is 10.1. The molecule has 262 valence electrons. The van der Waals surface area contributed by atoms with Gasteiger partial charge in [0.25, 0.3) is 0 Å². The second-order valence-electron chi connectivity index (χ2n) is 14.1. The molecule has 2 aliphatic rings. The van der Waals surface area contributed by atoms with Gasteiger partial charge in [-0.15, -0.1) is 0 Å². The number of imidazole rings is 2. The molecule has 10 nitrogen and oxygen atoms in total. The largest absolute Gasteiger partial charge is 0.444 e. The monoisotopic (exact) mass is 708 g/mol. The van der Waals surface area contributed by atoms with Crippen molar-refractivity contribution >= 4 is 50.2 Å². The molecule has 2 N–H and O–H groups in total. The number of H-pyrrole nitrogens is 2. The van der Waals surface area contributed by atoms with Crippen molar-refractivity contribution in [2.45, 2.75) is 90.5 Å². The average Bonchev–Trinajstić information content (AvgIpc) is 3.80. The van der Waals surface area contributed by atoms with Gasteiger partial charge in [-0.2, -0.15) is 27.0 Å². The lowest BCUT2D eigenvalue weighted by Gasteiger charge is -2.27. The van der Waals surface area contributed by atoms with Gasteiger partial charge < -0.3 is 19.4 Å². The molecule has 6 rings (SSSR count). The number of carbonyl (C=O) groups is 2. The van der Waals surface area contributed by atoms with E-state index in [4.69, 9.17) is 9.47 Å². The molecule has 2 aromatic heterocycles. The molecule has 2 saturated heterocycles. The van der Waals surface area contributed by atoms with Crippen LogP contribution in [0.15, 0.2) is 42.6 Å². The zero-order chi connectivity index (χ0) is 33.5. The zero-order valence-electron chi connectivity index (χ0n) is 28.7. The maximum Gasteiger partial charge on any atom is 0.410 e. The van der Waals surface area contributed by atoms with E-state index in [2.05, 4.69) is 31.8 Å². The molecule has 13 heteroatoms. The Hall–Kier alpha value is -4.15. The third-order valence-electron chi connectivity index (χ3n) is 8.09. The molecule has 0 saturated carbocycles. The fourth-order valence-electron chi connectivity index (χ4n) is 6.03. The minimum Gasteiger partial charge on any atom is -0.444 e. The van der Waals surface area contributed by atoms with E-state index < -0.39 is 23.1 Å². The summed E-state index contributed by atoms with van der Waals surface area (Å²) in [6.07, 6.45) is 4.28. The minimum absolute atomic E-state index is 0. The van der Waals surface area contributed by atoms with Gasteiger partial charge in [0.2, 0.25) is 0 Å². The number of hydrogen-bond acceptors (Lipinski definition) is 6. The van der Waals surface area contributed by atoms with Crippen LogP contribution in [-0.2, 0) is 9.47 Å². The van der Waals surface area contributed by atoms with E-state index in [0.29, 0.717) is 36.4 Å². The Morgan fingerprint density at radius 3 is 1.94 bits per heavy atom. The molecular weight excluding hydrogens is 664 g/mol. The third kappa shape index (κ3) is 8.72. The van der Waals surface area contributed by atoms with Crippen molar-refractivity contribution in [3.8, 4) is 23.1 Å². The Morgan fingerprint density at radius 1 is 0.816 bits per heavy atom. The second kappa shape index (κ2) is 14.8. The number of aromatic amines is 2. The van der Waals surface area contributed by atoms with Crippen molar-refractivity contribution < 1.29 is 23.5 Å². The number of nitrogens with one attached hydrogen (secondary N) is 2. The number of amides is 2. The summed E-state index contributed by atoms with van der Waals surface area (Å²) in [6.45, 7) is 12.3. The van der Waals surface area contributed by atoms with Gasteiger partial charge in [-0.1, -0.05) is 24.0 Å². The zero-order valence-corrected chi connectivity index (χ0v) is 30.7. The number of hydrogen-bond donors (Lipinski definition) is 2. The Bertz CT molecular complexity index is 1870. The summed E-state index contributed by atoms with van der Waals surface area (Å²) >= 11 is 0. The van der Waals surface area contributed by atoms with Crippen molar-refractivity contribution in [3.63, 3.8) is 0 Å². The highest BCUT2D eigenvalue weighted by molar-refractivity contribution is 7.59. The molecule has 2 atom stereocenters. The molecule has 0 aliphatic carbocycles. The molecule has 0 spiro atoms. The van der Waals surface area contributed by atoms with Crippen LogP contribution >= 0.6 is 27.0 Å². The van der Waals surface area contributed by atoms with Crippen molar-refractivity contribution in [3.05, 3.63) is 71.2 Å². The Labute approximate surface area is 300 Å². The fourth-order valence-corrected chi connectivity index (χ4v) is 6.03. The fraction of sp³-hybridized carbons (Fsp3) is 0.444. The maximum atomic E-state index is 15.2. The van der Waals surface area contributed by atoms with Gasteiger partial charge in [0, 0.05) is 24.2 Å². The smallest absolute Gasteiger partial charge is 0.410 e. The van der Waals surface area contributed by atoms with Gasteiger partial charge >= 0.3 is 12.2 Å². The van der Waals surface area contributed by atoms with E-state index in [1.807, 2.05) is 65.8 Å². The lowest BCUT2D eigenvalue weighted by Crippen LogP contribution is -2.36. The highest BCUT2D eigenvalue weighted by Gasteiger charge is 2.36.